The number of hydrogen-bond donors (Lipinski definition) is 0. The summed E-state index contributed by atoms with van der Waals surface area (Å²) in [7, 11) is 0. The maximum atomic E-state index is 8.58. The van der Waals surface area contributed by atoms with Gasteiger partial charge in [0.15, 0.2) is 0 Å². The fraction of sp³-hybridized carbons (Fsp3) is 0.909. The molecule has 0 aromatic heterocycles. The predicted octanol–water partition coefficient (Wildman–Crippen LogP) is 2.74. The average molecular weight is 181 g/mol. The van der Waals surface area contributed by atoms with Gasteiger partial charge in [-0.25, -0.2) is 0 Å². The predicted molar refractivity (Wildman–Crippen MR) is 52.1 cm³/mol. The summed E-state index contributed by atoms with van der Waals surface area (Å²) >= 11 is 0. The Morgan fingerprint density at radius 1 is 1.46 bits per heavy atom. The van der Waals surface area contributed by atoms with Crippen LogP contribution in [0.1, 0.15) is 40.0 Å². The molecule has 1 rings (SSSR count). The van der Waals surface area contributed by atoms with Gasteiger partial charge in [-0.05, 0) is 24.2 Å². The lowest BCUT2D eigenvalue weighted by Gasteiger charge is -2.37. The first-order valence-electron chi connectivity index (χ1n) is 5.02. The van der Waals surface area contributed by atoms with Crippen molar-refractivity contribution in [2.24, 2.45) is 11.3 Å². The molecule has 0 bridgehead atoms. The highest BCUT2D eigenvalue weighted by atomic mass is 16.5. The highest BCUT2D eigenvalue weighted by Gasteiger charge is 2.30. The summed E-state index contributed by atoms with van der Waals surface area (Å²) in [5, 5.41) is 8.58. The Morgan fingerprint density at radius 2 is 2.15 bits per heavy atom. The monoisotopic (exact) mass is 181 g/mol. The lowest BCUT2D eigenvalue weighted by atomic mass is 9.74. The molecule has 1 unspecified atom stereocenters. The summed E-state index contributed by atoms with van der Waals surface area (Å²) in [5.41, 5.74) is 0.359. The molecule has 0 aliphatic carbocycles. The van der Waals surface area contributed by atoms with Crippen LogP contribution in [0.2, 0.25) is 0 Å². The molecule has 0 radical (unpaired) electrons. The van der Waals surface area contributed by atoms with E-state index in [1.54, 1.807) is 0 Å². The molecule has 0 spiro atoms. The van der Waals surface area contributed by atoms with Crippen LogP contribution in [0.25, 0.3) is 0 Å². The third-order valence-electron chi connectivity index (χ3n) is 2.91. The van der Waals surface area contributed by atoms with Gasteiger partial charge >= 0.3 is 0 Å². The van der Waals surface area contributed by atoms with E-state index in [0.717, 1.165) is 19.4 Å². The van der Waals surface area contributed by atoms with Gasteiger partial charge in [0, 0.05) is 6.61 Å². The van der Waals surface area contributed by atoms with Gasteiger partial charge in [0.25, 0.3) is 0 Å². The number of nitrogens with zero attached hydrogens (tertiary/aromatic N) is 1. The Hall–Kier alpha value is -0.550. The maximum absolute atomic E-state index is 8.58. The second-order valence-electron chi connectivity index (χ2n) is 4.94. The van der Waals surface area contributed by atoms with Gasteiger partial charge < -0.3 is 4.74 Å². The van der Waals surface area contributed by atoms with Gasteiger partial charge in [0.05, 0.1) is 18.6 Å². The van der Waals surface area contributed by atoms with E-state index in [2.05, 4.69) is 26.8 Å². The molecule has 1 fully saturated rings. The van der Waals surface area contributed by atoms with Crippen molar-refractivity contribution in [3.05, 3.63) is 0 Å². The van der Waals surface area contributed by atoms with Gasteiger partial charge in [-0.1, -0.05) is 20.8 Å². The van der Waals surface area contributed by atoms with Crippen LogP contribution < -0.4 is 0 Å². The largest absolute Gasteiger partial charge is 0.377 e. The van der Waals surface area contributed by atoms with Crippen molar-refractivity contribution in [1.29, 1.82) is 5.26 Å². The lowest BCUT2D eigenvalue weighted by molar-refractivity contribution is -0.0319. The molecule has 1 saturated heterocycles. The zero-order valence-electron chi connectivity index (χ0n) is 8.84. The van der Waals surface area contributed by atoms with Gasteiger partial charge in [-0.15, -0.1) is 0 Å². The Labute approximate surface area is 80.9 Å². The minimum atomic E-state index is 0.183. The minimum Gasteiger partial charge on any atom is -0.377 e. The highest BCUT2D eigenvalue weighted by Crippen LogP contribution is 2.36. The van der Waals surface area contributed by atoms with Crippen LogP contribution in [0.3, 0.4) is 0 Å². The number of rotatable bonds is 1. The van der Waals surface area contributed by atoms with Crippen LogP contribution in [-0.4, -0.2) is 12.7 Å². The van der Waals surface area contributed by atoms with E-state index in [1.807, 2.05) is 0 Å². The molecule has 0 aromatic rings. The quantitative estimate of drug-likeness (QED) is 0.623. The maximum Gasteiger partial charge on any atom is 0.0707 e. The molecule has 2 heteroatoms. The van der Waals surface area contributed by atoms with Crippen molar-refractivity contribution in [3.63, 3.8) is 0 Å². The SMILES string of the molecule is CC(C)(C)C1CCO[C@@H](CC#N)C1. The van der Waals surface area contributed by atoms with E-state index >= 15 is 0 Å². The molecule has 1 aliphatic heterocycles. The van der Waals surface area contributed by atoms with Crippen LogP contribution in [0, 0.1) is 22.7 Å². The Balaban J connectivity index is 2.48. The molecule has 1 heterocycles. The molecule has 2 nitrogen and oxygen atoms in total. The van der Waals surface area contributed by atoms with Crippen molar-refractivity contribution in [2.75, 3.05) is 6.61 Å². The lowest BCUT2D eigenvalue weighted by Crippen LogP contribution is -2.32. The normalized spacial score (nSPS) is 29.7. The fourth-order valence-corrected chi connectivity index (χ4v) is 1.91. The minimum absolute atomic E-state index is 0.183. The molecule has 2 atom stereocenters. The van der Waals surface area contributed by atoms with Crippen LogP contribution in [-0.2, 0) is 4.74 Å². The summed E-state index contributed by atoms with van der Waals surface area (Å²) < 4.78 is 5.52. The van der Waals surface area contributed by atoms with E-state index in [9.17, 15) is 0 Å². The molecule has 0 aromatic carbocycles. The molecule has 0 amide bonds. The fourth-order valence-electron chi connectivity index (χ4n) is 1.91. The zero-order valence-corrected chi connectivity index (χ0v) is 8.84. The van der Waals surface area contributed by atoms with Gasteiger partial charge in [0.2, 0.25) is 0 Å². The third-order valence-corrected chi connectivity index (χ3v) is 2.91. The van der Waals surface area contributed by atoms with Crippen LogP contribution in [0.4, 0.5) is 0 Å². The number of ether oxygens (including phenoxy) is 1. The van der Waals surface area contributed by atoms with E-state index in [0.29, 0.717) is 17.8 Å². The van der Waals surface area contributed by atoms with E-state index in [4.69, 9.17) is 10.00 Å². The first-order valence-corrected chi connectivity index (χ1v) is 5.02. The number of hydrogen-bond acceptors (Lipinski definition) is 2. The molecule has 74 valence electrons. The van der Waals surface area contributed by atoms with E-state index < -0.39 is 0 Å². The van der Waals surface area contributed by atoms with Gasteiger partial charge in [-0.3, -0.25) is 0 Å². The van der Waals surface area contributed by atoms with E-state index in [1.165, 1.54) is 0 Å². The summed E-state index contributed by atoms with van der Waals surface area (Å²) in [4.78, 5) is 0. The summed E-state index contributed by atoms with van der Waals surface area (Å²) in [5.74, 6) is 0.708. The van der Waals surface area contributed by atoms with Crippen molar-refractivity contribution in [1.82, 2.24) is 0 Å². The standard InChI is InChI=1S/C11H19NO/c1-11(2,3)9-5-7-13-10(8-9)4-6-12/h9-10H,4-5,7-8H2,1-3H3/t9?,10-/m0/s1. The Kier molecular flexibility index (Phi) is 3.33. The molecular formula is C11H19NO. The van der Waals surface area contributed by atoms with Crippen molar-refractivity contribution < 1.29 is 4.74 Å². The topological polar surface area (TPSA) is 33.0 Å². The molecular weight excluding hydrogens is 162 g/mol. The van der Waals surface area contributed by atoms with Crippen molar-refractivity contribution in [3.8, 4) is 6.07 Å². The summed E-state index contributed by atoms with van der Waals surface area (Å²) in [6.07, 6.45) is 2.93. The van der Waals surface area contributed by atoms with Crippen molar-refractivity contribution in [2.45, 2.75) is 46.1 Å². The van der Waals surface area contributed by atoms with Crippen molar-refractivity contribution >= 4 is 0 Å². The zero-order chi connectivity index (χ0) is 9.90. The second kappa shape index (κ2) is 4.11. The first kappa shape index (κ1) is 10.5. The van der Waals surface area contributed by atoms with Gasteiger partial charge in [-0.2, -0.15) is 5.26 Å². The Bertz CT molecular complexity index is 199. The molecule has 0 saturated carbocycles. The van der Waals surface area contributed by atoms with E-state index in [-0.39, 0.29) is 6.10 Å². The molecule has 0 N–H and O–H groups in total. The molecule has 13 heavy (non-hydrogen) atoms. The van der Waals surface area contributed by atoms with Crippen LogP contribution in [0.15, 0.2) is 0 Å². The average Bonchev–Trinajstić information content (AvgIpc) is 2.04. The highest BCUT2D eigenvalue weighted by molar-refractivity contribution is 4.85. The summed E-state index contributed by atoms with van der Waals surface area (Å²) in [6, 6.07) is 2.18. The van der Waals surface area contributed by atoms with Gasteiger partial charge in [0.1, 0.15) is 0 Å². The van der Waals surface area contributed by atoms with Crippen LogP contribution >= 0.6 is 0 Å². The Morgan fingerprint density at radius 3 is 2.69 bits per heavy atom. The van der Waals surface area contributed by atoms with Crippen LogP contribution in [0.5, 0.6) is 0 Å². The smallest absolute Gasteiger partial charge is 0.0707 e. The second-order valence-corrected chi connectivity index (χ2v) is 4.94. The molecule has 1 aliphatic rings. The first-order chi connectivity index (χ1) is 6.04. The summed E-state index contributed by atoms with van der Waals surface area (Å²) in [6.45, 7) is 7.64. The third kappa shape index (κ3) is 3.00. The number of nitriles is 1.